The van der Waals surface area contributed by atoms with Crippen LogP contribution in [-0.2, 0) is 28.8 Å². The molecule has 14 nitrogen and oxygen atoms in total. The van der Waals surface area contributed by atoms with Gasteiger partial charge in [-0.2, -0.15) is 0 Å². The molecule has 0 aromatic heterocycles. The zero-order valence-electron chi connectivity index (χ0n) is 15.7. The first-order chi connectivity index (χ1) is 13.3. The first kappa shape index (κ1) is 25.7. The molecular formula is C15H26N6O8. The highest BCUT2D eigenvalue weighted by molar-refractivity contribution is 5.96. The molecule has 11 N–H and O–H groups in total. The number of rotatable bonds is 13. The number of aliphatic carboxylic acids is 1. The Kier molecular flexibility index (Phi) is 10.9. The normalized spacial score (nSPS) is 14.6. The van der Waals surface area contributed by atoms with Gasteiger partial charge in [0.2, 0.25) is 29.5 Å². The molecule has 0 aliphatic carbocycles. The molecule has 4 unspecified atom stereocenters. The Morgan fingerprint density at radius 3 is 1.90 bits per heavy atom. The fourth-order valence-corrected chi connectivity index (χ4v) is 2.01. The van der Waals surface area contributed by atoms with E-state index in [0.29, 0.717) is 0 Å². The van der Waals surface area contributed by atoms with E-state index in [4.69, 9.17) is 22.3 Å². The molecule has 4 atom stereocenters. The molecule has 5 amide bonds. The first-order valence-corrected chi connectivity index (χ1v) is 8.45. The van der Waals surface area contributed by atoms with Gasteiger partial charge in [0.1, 0.15) is 24.7 Å². The maximum absolute atomic E-state index is 12.5. The van der Waals surface area contributed by atoms with E-state index in [2.05, 4.69) is 10.6 Å². The van der Waals surface area contributed by atoms with Crippen LogP contribution in [0.1, 0.15) is 26.2 Å². The lowest BCUT2D eigenvalue weighted by Gasteiger charge is -2.23. The predicted molar refractivity (Wildman–Crippen MR) is 96.4 cm³/mol. The third kappa shape index (κ3) is 10.6. The van der Waals surface area contributed by atoms with E-state index < -0.39 is 72.7 Å². The lowest BCUT2D eigenvalue weighted by molar-refractivity contribution is -0.139. The number of hydrogen-bond donors (Lipinski definition) is 8. The van der Waals surface area contributed by atoms with Crippen LogP contribution in [0.5, 0.6) is 0 Å². The summed E-state index contributed by atoms with van der Waals surface area (Å²) in [5.41, 5.74) is 15.5. The number of carbonyl (C=O) groups is 6. The molecule has 164 valence electrons. The summed E-state index contributed by atoms with van der Waals surface area (Å²) < 4.78 is 0. The van der Waals surface area contributed by atoms with Crippen LogP contribution in [0.2, 0.25) is 0 Å². The minimum atomic E-state index is -1.53. The lowest BCUT2D eigenvalue weighted by Crippen LogP contribution is -2.58. The Bertz CT molecular complexity index is 653. The molecule has 0 rings (SSSR count). The molecule has 0 heterocycles. The van der Waals surface area contributed by atoms with E-state index in [1.165, 1.54) is 6.92 Å². The zero-order valence-corrected chi connectivity index (χ0v) is 15.7. The number of aliphatic hydroxyl groups excluding tert-OH is 1. The van der Waals surface area contributed by atoms with E-state index in [0.717, 1.165) is 0 Å². The third-order valence-electron chi connectivity index (χ3n) is 3.59. The molecule has 0 saturated carbocycles. The number of hydrogen-bond acceptors (Lipinski definition) is 8. The van der Waals surface area contributed by atoms with E-state index in [1.807, 2.05) is 5.32 Å². The summed E-state index contributed by atoms with van der Waals surface area (Å²) in [6, 6.07) is -4.32. The van der Waals surface area contributed by atoms with Crippen molar-refractivity contribution in [3.05, 3.63) is 0 Å². The van der Waals surface area contributed by atoms with Gasteiger partial charge in [0.15, 0.2) is 0 Å². The highest BCUT2D eigenvalue weighted by Gasteiger charge is 2.30. The average molecular weight is 418 g/mol. The van der Waals surface area contributed by atoms with Crippen molar-refractivity contribution >= 4 is 35.5 Å². The molecule has 0 aliphatic heterocycles. The molecule has 0 bridgehead atoms. The largest absolute Gasteiger partial charge is 0.480 e. The number of amides is 5. The second-order valence-corrected chi connectivity index (χ2v) is 6.18. The van der Waals surface area contributed by atoms with Crippen molar-refractivity contribution in [1.82, 2.24) is 16.0 Å². The van der Waals surface area contributed by atoms with E-state index in [-0.39, 0.29) is 12.8 Å². The van der Waals surface area contributed by atoms with E-state index >= 15 is 0 Å². The molecule has 14 heteroatoms. The van der Waals surface area contributed by atoms with Crippen molar-refractivity contribution < 1.29 is 39.0 Å². The number of aliphatic hydroxyl groups is 1. The molecule has 29 heavy (non-hydrogen) atoms. The molecule has 0 aliphatic rings. The smallest absolute Gasteiger partial charge is 0.322 e. The Labute approximate surface area is 165 Å². The van der Waals surface area contributed by atoms with Crippen LogP contribution in [0, 0.1) is 0 Å². The fourth-order valence-electron chi connectivity index (χ4n) is 2.01. The second kappa shape index (κ2) is 12.2. The van der Waals surface area contributed by atoms with Gasteiger partial charge in [0, 0.05) is 6.42 Å². The number of carboxylic acid groups (broad SMARTS) is 1. The number of nitrogens with two attached hydrogens (primary N) is 3. The molecule has 0 radical (unpaired) electrons. The molecule has 0 spiro atoms. The Morgan fingerprint density at radius 2 is 1.45 bits per heavy atom. The van der Waals surface area contributed by atoms with Gasteiger partial charge < -0.3 is 43.4 Å². The highest BCUT2D eigenvalue weighted by Crippen LogP contribution is 2.02. The number of carbonyl (C=O) groups excluding carboxylic acids is 5. The minimum Gasteiger partial charge on any atom is -0.480 e. The SMILES string of the molecule is CC(O)C(N)C(=O)NC(CC(N)=O)C(=O)NC(CCC(N)=O)C(=O)NCC(=O)O. The Morgan fingerprint density at radius 1 is 0.897 bits per heavy atom. The standard InChI is InChI=1S/C15H26N6O8/c1-6(22)12(18)15(29)21-8(4-10(17)24)14(28)20-7(2-3-9(16)23)13(27)19-5-11(25)26/h6-8,12,22H,2-5,18H2,1H3,(H2,16,23)(H2,17,24)(H,19,27)(H,20,28)(H,21,29)(H,25,26). The summed E-state index contributed by atoms with van der Waals surface area (Å²) in [7, 11) is 0. The monoisotopic (exact) mass is 418 g/mol. The van der Waals surface area contributed by atoms with Crippen molar-refractivity contribution in [2.75, 3.05) is 6.54 Å². The molecule has 0 aromatic rings. The van der Waals surface area contributed by atoms with Crippen LogP contribution in [0.25, 0.3) is 0 Å². The van der Waals surface area contributed by atoms with Gasteiger partial charge in [-0.15, -0.1) is 0 Å². The van der Waals surface area contributed by atoms with Crippen LogP contribution >= 0.6 is 0 Å². The number of carboxylic acids is 1. The summed E-state index contributed by atoms with van der Waals surface area (Å²) in [6.07, 6.45) is -2.48. The Balaban J connectivity index is 5.32. The minimum absolute atomic E-state index is 0.267. The van der Waals surface area contributed by atoms with Gasteiger partial charge in [-0.3, -0.25) is 28.8 Å². The van der Waals surface area contributed by atoms with Crippen molar-refractivity contribution in [3.63, 3.8) is 0 Å². The van der Waals surface area contributed by atoms with Crippen LogP contribution < -0.4 is 33.2 Å². The van der Waals surface area contributed by atoms with Crippen molar-refractivity contribution in [2.45, 2.75) is 50.4 Å². The number of primary amides is 2. The van der Waals surface area contributed by atoms with Gasteiger partial charge >= 0.3 is 5.97 Å². The van der Waals surface area contributed by atoms with Crippen LogP contribution in [0.3, 0.4) is 0 Å². The zero-order chi connectivity index (χ0) is 22.7. The predicted octanol–water partition coefficient (Wildman–Crippen LogP) is -4.99. The maximum atomic E-state index is 12.5. The third-order valence-corrected chi connectivity index (χ3v) is 3.59. The highest BCUT2D eigenvalue weighted by atomic mass is 16.4. The average Bonchev–Trinajstić information content (AvgIpc) is 2.60. The van der Waals surface area contributed by atoms with Crippen LogP contribution in [0.4, 0.5) is 0 Å². The first-order valence-electron chi connectivity index (χ1n) is 8.45. The van der Waals surface area contributed by atoms with Crippen molar-refractivity contribution in [2.24, 2.45) is 17.2 Å². The molecule has 0 saturated heterocycles. The summed E-state index contributed by atoms with van der Waals surface area (Å²) >= 11 is 0. The van der Waals surface area contributed by atoms with Crippen molar-refractivity contribution in [1.29, 1.82) is 0 Å². The van der Waals surface area contributed by atoms with Crippen LogP contribution in [0.15, 0.2) is 0 Å². The quantitative estimate of drug-likeness (QED) is 0.142. The molecule has 0 aromatic carbocycles. The van der Waals surface area contributed by atoms with Crippen LogP contribution in [-0.4, -0.2) is 76.5 Å². The number of nitrogens with one attached hydrogen (secondary N) is 3. The second-order valence-electron chi connectivity index (χ2n) is 6.18. The fraction of sp³-hybridized carbons (Fsp3) is 0.600. The maximum Gasteiger partial charge on any atom is 0.322 e. The molecular weight excluding hydrogens is 392 g/mol. The summed E-state index contributed by atoms with van der Waals surface area (Å²) in [4.78, 5) is 69.3. The Hall–Kier alpha value is -3.26. The van der Waals surface area contributed by atoms with Gasteiger partial charge in [-0.25, -0.2) is 0 Å². The van der Waals surface area contributed by atoms with E-state index in [1.54, 1.807) is 0 Å². The molecule has 0 fully saturated rings. The van der Waals surface area contributed by atoms with E-state index in [9.17, 15) is 33.9 Å². The van der Waals surface area contributed by atoms with Gasteiger partial charge in [0.05, 0.1) is 12.5 Å². The van der Waals surface area contributed by atoms with Gasteiger partial charge in [0.25, 0.3) is 0 Å². The lowest BCUT2D eigenvalue weighted by atomic mass is 10.1. The van der Waals surface area contributed by atoms with Gasteiger partial charge in [-0.05, 0) is 13.3 Å². The summed E-state index contributed by atoms with van der Waals surface area (Å²) in [5.74, 6) is -5.98. The topological polar surface area (TPSA) is 257 Å². The van der Waals surface area contributed by atoms with Crippen molar-refractivity contribution in [3.8, 4) is 0 Å². The summed E-state index contributed by atoms with van der Waals surface area (Å²) in [5, 5.41) is 24.3. The summed E-state index contributed by atoms with van der Waals surface area (Å²) in [6.45, 7) is 0.493. The van der Waals surface area contributed by atoms with Gasteiger partial charge in [-0.1, -0.05) is 0 Å².